The van der Waals surface area contributed by atoms with Crippen molar-refractivity contribution in [2.75, 3.05) is 0 Å². The molecule has 0 spiro atoms. The average molecular weight is 319 g/mol. The zero-order valence-electron chi connectivity index (χ0n) is 15.8. The fraction of sp³-hybridized carbons (Fsp3) is 1.00. The lowest BCUT2D eigenvalue weighted by Gasteiger charge is -2.45. The molecule has 0 aromatic rings. The molecule has 0 aliphatic carbocycles. The molecule has 0 bridgehead atoms. The van der Waals surface area contributed by atoms with Gasteiger partial charge in [-0.2, -0.15) is 0 Å². The Kier molecular flexibility index (Phi) is 9.33. The molecule has 0 heterocycles. The van der Waals surface area contributed by atoms with E-state index in [1.165, 1.54) is 0 Å². The second-order valence-electron chi connectivity index (χ2n) is 6.80. The van der Waals surface area contributed by atoms with Crippen molar-refractivity contribution in [3.63, 3.8) is 0 Å². The Labute approximate surface area is 134 Å². The molecule has 3 unspecified atom stereocenters. The molecule has 0 aromatic carbocycles. The van der Waals surface area contributed by atoms with Gasteiger partial charge in [0.15, 0.2) is 0 Å². The Hall–Kier alpha value is 0.0969. The Bertz CT molecular complexity index is 250. The van der Waals surface area contributed by atoms with E-state index >= 15 is 0 Å². The van der Waals surface area contributed by atoms with Crippen LogP contribution in [0.3, 0.4) is 0 Å². The SMILES string of the molecule is CCC(C)O[Si](OC(C)CC)(OC(C)CC)C(C)(C)CC. The Morgan fingerprint density at radius 3 is 1.19 bits per heavy atom. The molecule has 128 valence electrons. The number of rotatable bonds is 11. The quantitative estimate of drug-likeness (QED) is 0.467. The van der Waals surface area contributed by atoms with E-state index in [0.29, 0.717) is 0 Å². The standard InChI is InChI=1S/C17H38O3Si/c1-10-14(5)18-21(17(8,9)13-4,19-15(6)11-2)20-16(7)12-3/h14-16H,10-13H2,1-9H3. The Balaban J connectivity index is 5.57. The summed E-state index contributed by atoms with van der Waals surface area (Å²) < 4.78 is 19.4. The van der Waals surface area contributed by atoms with Gasteiger partial charge < -0.3 is 13.3 Å². The van der Waals surface area contributed by atoms with Crippen LogP contribution in [0.5, 0.6) is 0 Å². The molecule has 0 saturated carbocycles. The maximum atomic E-state index is 6.48. The molecule has 0 fully saturated rings. The fourth-order valence-corrected chi connectivity index (χ4v) is 5.47. The summed E-state index contributed by atoms with van der Waals surface area (Å²) in [6.45, 7) is 19.5. The molecule has 4 heteroatoms. The van der Waals surface area contributed by atoms with Crippen LogP contribution in [0.1, 0.15) is 88.0 Å². The van der Waals surface area contributed by atoms with Crippen LogP contribution >= 0.6 is 0 Å². The maximum absolute atomic E-state index is 6.48. The summed E-state index contributed by atoms with van der Waals surface area (Å²) in [4.78, 5) is 0. The summed E-state index contributed by atoms with van der Waals surface area (Å²) in [5, 5.41) is -0.0801. The van der Waals surface area contributed by atoms with E-state index in [4.69, 9.17) is 13.3 Å². The molecule has 0 aliphatic rings. The van der Waals surface area contributed by atoms with Gasteiger partial charge in [0, 0.05) is 23.4 Å². The van der Waals surface area contributed by atoms with Gasteiger partial charge in [-0.05, 0) is 46.5 Å². The normalized spacial score (nSPS) is 19.9. The van der Waals surface area contributed by atoms with Crippen molar-refractivity contribution < 1.29 is 13.3 Å². The predicted molar refractivity (Wildman–Crippen MR) is 92.6 cm³/mol. The van der Waals surface area contributed by atoms with E-state index in [9.17, 15) is 0 Å². The lowest BCUT2D eigenvalue weighted by molar-refractivity contribution is -0.0282. The van der Waals surface area contributed by atoms with Gasteiger partial charge in [-0.25, -0.2) is 0 Å². The summed E-state index contributed by atoms with van der Waals surface area (Å²) in [5.41, 5.74) is 0. The van der Waals surface area contributed by atoms with Crippen LogP contribution in [0.25, 0.3) is 0 Å². The first-order chi connectivity index (χ1) is 9.67. The van der Waals surface area contributed by atoms with E-state index in [-0.39, 0.29) is 23.4 Å². The summed E-state index contributed by atoms with van der Waals surface area (Å²) in [5.74, 6) is 0. The highest BCUT2D eigenvalue weighted by Crippen LogP contribution is 2.44. The number of hydrogen-bond acceptors (Lipinski definition) is 3. The summed E-state index contributed by atoms with van der Waals surface area (Å²) >= 11 is 0. The van der Waals surface area contributed by atoms with Gasteiger partial charge >= 0.3 is 8.80 Å². The van der Waals surface area contributed by atoms with Crippen LogP contribution in [-0.4, -0.2) is 27.1 Å². The number of hydrogen-bond donors (Lipinski definition) is 0. The third kappa shape index (κ3) is 6.01. The largest absolute Gasteiger partial charge is 0.507 e. The zero-order valence-corrected chi connectivity index (χ0v) is 16.8. The summed E-state index contributed by atoms with van der Waals surface area (Å²) in [6, 6.07) is 0. The minimum atomic E-state index is -2.78. The van der Waals surface area contributed by atoms with Crippen LogP contribution < -0.4 is 0 Å². The van der Waals surface area contributed by atoms with Gasteiger partial charge in [0.25, 0.3) is 0 Å². The molecule has 21 heavy (non-hydrogen) atoms. The van der Waals surface area contributed by atoms with E-state index in [1.54, 1.807) is 0 Å². The second-order valence-corrected chi connectivity index (χ2v) is 9.98. The van der Waals surface area contributed by atoms with Crippen molar-refractivity contribution in [1.29, 1.82) is 0 Å². The maximum Gasteiger partial charge on any atom is 0.507 e. The molecule has 3 atom stereocenters. The van der Waals surface area contributed by atoms with E-state index in [0.717, 1.165) is 25.7 Å². The molecular weight excluding hydrogens is 280 g/mol. The van der Waals surface area contributed by atoms with Gasteiger partial charge in [0.2, 0.25) is 0 Å². The molecule has 0 rings (SSSR count). The van der Waals surface area contributed by atoms with Crippen molar-refractivity contribution in [1.82, 2.24) is 0 Å². The van der Waals surface area contributed by atoms with E-state index in [2.05, 4.69) is 62.3 Å². The lowest BCUT2D eigenvalue weighted by Crippen LogP contribution is -2.58. The smallest absolute Gasteiger partial charge is 0.370 e. The van der Waals surface area contributed by atoms with Crippen LogP contribution in [0, 0.1) is 0 Å². The van der Waals surface area contributed by atoms with Crippen molar-refractivity contribution >= 4 is 8.80 Å². The van der Waals surface area contributed by atoms with Crippen LogP contribution in [0.4, 0.5) is 0 Å². The highest BCUT2D eigenvalue weighted by Gasteiger charge is 2.57. The second kappa shape index (κ2) is 9.28. The van der Waals surface area contributed by atoms with Crippen LogP contribution in [-0.2, 0) is 13.3 Å². The van der Waals surface area contributed by atoms with Gasteiger partial charge in [-0.1, -0.05) is 41.5 Å². The van der Waals surface area contributed by atoms with Crippen molar-refractivity contribution in [2.45, 2.75) is 111 Å². The molecule has 0 aliphatic heterocycles. The van der Waals surface area contributed by atoms with Crippen molar-refractivity contribution in [3.05, 3.63) is 0 Å². The molecule has 3 nitrogen and oxygen atoms in total. The first-order valence-electron chi connectivity index (χ1n) is 8.71. The van der Waals surface area contributed by atoms with Gasteiger partial charge in [0.1, 0.15) is 0 Å². The highest BCUT2D eigenvalue weighted by atomic mass is 28.4. The van der Waals surface area contributed by atoms with E-state index in [1.807, 2.05) is 0 Å². The molecule has 0 N–H and O–H groups in total. The summed E-state index contributed by atoms with van der Waals surface area (Å²) in [6.07, 6.45) is 4.40. The minimum absolute atomic E-state index is 0.0801. The first-order valence-corrected chi connectivity index (χ1v) is 10.4. The molecule has 0 radical (unpaired) electrons. The molecular formula is C17H38O3Si. The highest BCUT2D eigenvalue weighted by molar-refractivity contribution is 6.64. The fourth-order valence-electron chi connectivity index (χ4n) is 1.82. The minimum Gasteiger partial charge on any atom is -0.370 e. The van der Waals surface area contributed by atoms with Crippen molar-refractivity contribution in [2.24, 2.45) is 0 Å². The van der Waals surface area contributed by atoms with Crippen LogP contribution in [0.15, 0.2) is 0 Å². The molecule has 0 saturated heterocycles. The molecule has 0 amide bonds. The first kappa shape index (κ1) is 21.1. The van der Waals surface area contributed by atoms with Gasteiger partial charge in [-0.15, -0.1) is 0 Å². The van der Waals surface area contributed by atoms with Crippen LogP contribution in [0.2, 0.25) is 5.04 Å². The van der Waals surface area contributed by atoms with Crippen molar-refractivity contribution in [3.8, 4) is 0 Å². The van der Waals surface area contributed by atoms with Gasteiger partial charge in [-0.3, -0.25) is 0 Å². The summed E-state index contributed by atoms with van der Waals surface area (Å²) in [7, 11) is -2.78. The lowest BCUT2D eigenvalue weighted by atomic mass is 10.1. The van der Waals surface area contributed by atoms with E-state index < -0.39 is 8.80 Å². The van der Waals surface area contributed by atoms with Gasteiger partial charge in [0.05, 0.1) is 0 Å². The predicted octanol–water partition coefficient (Wildman–Crippen LogP) is 5.56. The molecule has 0 aromatic heterocycles. The Morgan fingerprint density at radius 1 is 0.714 bits per heavy atom. The topological polar surface area (TPSA) is 27.7 Å². The zero-order chi connectivity index (χ0) is 16.7. The Morgan fingerprint density at radius 2 is 1.00 bits per heavy atom. The average Bonchev–Trinajstić information content (AvgIpc) is 2.46. The third-order valence-corrected chi connectivity index (χ3v) is 8.66. The monoisotopic (exact) mass is 318 g/mol. The third-order valence-electron chi connectivity index (χ3n) is 4.51.